The summed E-state index contributed by atoms with van der Waals surface area (Å²) in [6.07, 6.45) is 8.79. The number of hydrogen-bond acceptors (Lipinski definition) is 2. The molecule has 2 aliphatic rings. The zero-order valence-electron chi connectivity index (χ0n) is 16.6. The van der Waals surface area contributed by atoms with Crippen molar-refractivity contribution in [3.63, 3.8) is 0 Å². The van der Waals surface area contributed by atoms with Crippen molar-refractivity contribution in [2.45, 2.75) is 57.8 Å². The Balaban J connectivity index is 1.60. The van der Waals surface area contributed by atoms with Crippen LogP contribution < -0.4 is 0 Å². The minimum atomic E-state index is -1.13. The van der Waals surface area contributed by atoms with Crippen LogP contribution in [0, 0.1) is 29.4 Å². The lowest BCUT2D eigenvalue weighted by Crippen LogP contribution is -2.30. The van der Waals surface area contributed by atoms with E-state index in [-0.39, 0.29) is 10.9 Å². The van der Waals surface area contributed by atoms with Crippen LogP contribution in [0.5, 0.6) is 0 Å². The van der Waals surface area contributed by atoms with Gasteiger partial charge in [-0.2, -0.15) is 0 Å². The fourth-order valence-corrected chi connectivity index (χ4v) is 5.52. The number of carbonyl (C=O) groups excluding carboxylic acids is 1. The normalized spacial score (nSPS) is 27.4. The van der Waals surface area contributed by atoms with Crippen LogP contribution in [0.25, 0.3) is 10.8 Å². The number of hydrogen-bond donors (Lipinski definition) is 0. The number of esters is 1. The number of methoxy groups -OCH3 is 1. The van der Waals surface area contributed by atoms with Crippen molar-refractivity contribution in [3.8, 4) is 0 Å². The number of ether oxygens (including phenoxy) is 1. The molecular formula is C24H28F2O2. The molecule has 0 amide bonds. The van der Waals surface area contributed by atoms with Gasteiger partial charge in [0.25, 0.3) is 0 Å². The summed E-state index contributed by atoms with van der Waals surface area (Å²) >= 11 is 0. The van der Waals surface area contributed by atoms with Gasteiger partial charge in [0.15, 0.2) is 11.6 Å². The lowest BCUT2D eigenvalue weighted by atomic mass is 9.63. The molecule has 2 aliphatic carbocycles. The quantitative estimate of drug-likeness (QED) is 0.555. The van der Waals surface area contributed by atoms with Gasteiger partial charge in [-0.05, 0) is 78.9 Å². The van der Waals surface area contributed by atoms with Crippen molar-refractivity contribution < 1.29 is 18.3 Å². The van der Waals surface area contributed by atoms with Crippen molar-refractivity contribution in [1.82, 2.24) is 0 Å². The molecule has 0 spiro atoms. The summed E-state index contributed by atoms with van der Waals surface area (Å²) in [5, 5.41) is 0.777. The van der Waals surface area contributed by atoms with Crippen molar-refractivity contribution in [2.75, 3.05) is 7.11 Å². The number of carbonyl (C=O) groups is 1. The first-order valence-electron chi connectivity index (χ1n) is 10.5. The molecular weight excluding hydrogens is 358 g/mol. The van der Waals surface area contributed by atoms with E-state index in [9.17, 15) is 13.6 Å². The van der Waals surface area contributed by atoms with E-state index in [1.165, 1.54) is 38.2 Å². The Morgan fingerprint density at radius 1 is 1.04 bits per heavy atom. The van der Waals surface area contributed by atoms with E-state index in [2.05, 4.69) is 11.7 Å². The Labute approximate surface area is 165 Å². The molecule has 2 saturated carbocycles. The van der Waals surface area contributed by atoms with E-state index in [0.717, 1.165) is 43.3 Å². The Bertz CT molecular complexity index is 892. The summed E-state index contributed by atoms with van der Waals surface area (Å²) in [7, 11) is 1.16. The predicted octanol–water partition coefficient (Wildman–Crippen LogP) is 6.61. The maximum absolute atomic E-state index is 14.7. The van der Waals surface area contributed by atoms with Gasteiger partial charge < -0.3 is 4.74 Å². The molecule has 4 unspecified atom stereocenters. The predicted molar refractivity (Wildman–Crippen MR) is 106 cm³/mol. The Hall–Kier alpha value is -1.97. The second-order valence-corrected chi connectivity index (χ2v) is 8.64. The lowest BCUT2D eigenvalue weighted by Gasteiger charge is -2.42. The van der Waals surface area contributed by atoms with E-state index in [1.807, 2.05) is 6.07 Å². The van der Waals surface area contributed by atoms with Crippen LogP contribution in [-0.2, 0) is 4.74 Å². The monoisotopic (exact) mass is 386 g/mol. The second kappa shape index (κ2) is 7.81. The van der Waals surface area contributed by atoms with Crippen molar-refractivity contribution in [2.24, 2.45) is 17.8 Å². The second-order valence-electron chi connectivity index (χ2n) is 8.64. The topological polar surface area (TPSA) is 26.3 Å². The third kappa shape index (κ3) is 3.42. The maximum atomic E-state index is 14.7. The van der Waals surface area contributed by atoms with Gasteiger partial charge in [0.05, 0.1) is 12.7 Å². The number of benzene rings is 2. The van der Waals surface area contributed by atoms with Crippen molar-refractivity contribution >= 4 is 16.7 Å². The van der Waals surface area contributed by atoms with Gasteiger partial charge in [-0.15, -0.1) is 0 Å². The molecule has 0 N–H and O–H groups in total. The van der Waals surface area contributed by atoms with Gasteiger partial charge in [-0.25, -0.2) is 13.6 Å². The van der Waals surface area contributed by atoms with Gasteiger partial charge in [0.2, 0.25) is 0 Å². The molecule has 0 heterocycles. The molecule has 2 aromatic carbocycles. The zero-order valence-corrected chi connectivity index (χ0v) is 16.6. The Kier molecular flexibility index (Phi) is 5.39. The first kappa shape index (κ1) is 19.4. The van der Waals surface area contributed by atoms with Gasteiger partial charge >= 0.3 is 5.97 Å². The van der Waals surface area contributed by atoms with Crippen molar-refractivity contribution in [3.05, 3.63) is 47.0 Å². The first-order valence-corrected chi connectivity index (χ1v) is 10.5. The van der Waals surface area contributed by atoms with Crippen LogP contribution in [0.2, 0.25) is 0 Å². The van der Waals surface area contributed by atoms with Gasteiger partial charge in [-0.3, -0.25) is 0 Å². The lowest BCUT2D eigenvalue weighted by molar-refractivity contribution is 0.0594. The maximum Gasteiger partial charge on any atom is 0.340 e. The molecule has 2 aromatic rings. The summed E-state index contributed by atoms with van der Waals surface area (Å²) in [6, 6.07) is 6.99. The molecule has 28 heavy (non-hydrogen) atoms. The summed E-state index contributed by atoms with van der Waals surface area (Å²) in [4.78, 5) is 11.7. The van der Waals surface area contributed by atoms with E-state index in [0.29, 0.717) is 11.3 Å². The molecule has 0 radical (unpaired) electrons. The fraction of sp³-hybridized carbons (Fsp3) is 0.542. The first-order chi connectivity index (χ1) is 13.5. The summed E-state index contributed by atoms with van der Waals surface area (Å²) < 4.78 is 33.6. The number of rotatable bonds is 3. The molecule has 150 valence electrons. The van der Waals surface area contributed by atoms with Crippen LogP contribution >= 0.6 is 0 Å². The van der Waals surface area contributed by atoms with Crippen molar-refractivity contribution in [1.29, 1.82) is 0 Å². The third-order valence-electron chi connectivity index (χ3n) is 7.22. The largest absolute Gasteiger partial charge is 0.465 e. The van der Waals surface area contributed by atoms with Crippen LogP contribution in [0.4, 0.5) is 8.78 Å². The highest BCUT2D eigenvalue weighted by atomic mass is 19.2. The van der Waals surface area contributed by atoms with Crippen LogP contribution in [0.1, 0.15) is 73.7 Å². The Morgan fingerprint density at radius 3 is 2.54 bits per heavy atom. The summed E-state index contributed by atoms with van der Waals surface area (Å²) in [5.74, 6) is -0.0442. The van der Waals surface area contributed by atoms with E-state index in [1.54, 1.807) is 12.1 Å². The molecule has 4 atom stereocenters. The highest BCUT2D eigenvalue weighted by Gasteiger charge is 2.35. The molecule has 4 rings (SSSR count). The van der Waals surface area contributed by atoms with Crippen LogP contribution in [0.3, 0.4) is 0 Å². The highest BCUT2D eigenvalue weighted by molar-refractivity contribution is 5.96. The number of halogens is 2. The number of fused-ring (bicyclic) bond motifs is 2. The summed E-state index contributed by atoms with van der Waals surface area (Å²) in [5.41, 5.74) is 0.737. The van der Waals surface area contributed by atoms with Gasteiger partial charge in [0, 0.05) is 5.39 Å². The summed E-state index contributed by atoms with van der Waals surface area (Å²) in [6.45, 7) is 2.30. The molecule has 0 aromatic heterocycles. The third-order valence-corrected chi connectivity index (χ3v) is 7.22. The van der Waals surface area contributed by atoms with E-state index in [4.69, 9.17) is 0 Å². The Morgan fingerprint density at radius 2 is 1.79 bits per heavy atom. The molecule has 0 bridgehead atoms. The smallest absolute Gasteiger partial charge is 0.340 e. The van der Waals surface area contributed by atoms with Gasteiger partial charge in [-0.1, -0.05) is 31.9 Å². The van der Waals surface area contributed by atoms with Crippen LogP contribution in [-0.4, -0.2) is 13.1 Å². The molecule has 4 heteroatoms. The van der Waals surface area contributed by atoms with Crippen LogP contribution in [0.15, 0.2) is 24.3 Å². The molecule has 2 nitrogen and oxygen atoms in total. The molecule has 2 fully saturated rings. The average Bonchev–Trinajstić information content (AvgIpc) is 2.74. The minimum absolute atomic E-state index is 0.250. The van der Waals surface area contributed by atoms with E-state index < -0.39 is 17.6 Å². The highest BCUT2D eigenvalue weighted by Crippen LogP contribution is 2.48. The standard InChI is InChI=1S/C24H28F2O2/c1-3-14-4-5-16-11-17(7-6-15(16)10-14)18-8-9-19-13-21(24(27)28-2)23(26)22(25)20(19)12-18/h8-9,12-17H,3-7,10-11H2,1-2H3. The van der Waals surface area contributed by atoms with E-state index >= 15 is 0 Å². The average molecular weight is 386 g/mol. The SMILES string of the molecule is CCC1CCC2CC(c3ccc4cc(C(=O)OC)c(F)c(F)c4c3)CCC2C1. The molecule has 0 aliphatic heterocycles. The fourth-order valence-electron chi connectivity index (χ4n) is 5.52. The zero-order chi connectivity index (χ0) is 19.8. The molecule has 0 saturated heterocycles. The minimum Gasteiger partial charge on any atom is -0.465 e. The van der Waals surface area contributed by atoms with Gasteiger partial charge in [0.1, 0.15) is 0 Å².